The molecule has 3 rings (SSSR count). The van der Waals surface area contributed by atoms with E-state index in [1.807, 2.05) is 13.2 Å². The van der Waals surface area contributed by atoms with Crippen LogP contribution in [-0.2, 0) is 0 Å². The molecule has 0 radical (unpaired) electrons. The van der Waals surface area contributed by atoms with Gasteiger partial charge in [0, 0.05) is 12.6 Å². The molecule has 2 heterocycles. The van der Waals surface area contributed by atoms with Gasteiger partial charge in [-0.2, -0.15) is 0 Å². The number of aliphatic imine (C=N–C) groups is 1. The van der Waals surface area contributed by atoms with Gasteiger partial charge in [0.05, 0.1) is 16.0 Å². The Morgan fingerprint density at radius 2 is 2.11 bits per heavy atom. The minimum absolute atomic E-state index is 0.0410. The second-order valence-corrected chi connectivity index (χ2v) is 7.44. The molecule has 140 valence electrons. The molecule has 0 saturated heterocycles. The Morgan fingerprint density at radius 3 is 2.74 bits per heavy atom. The van der Waals surface area contributed by atoms with Gasteiger partial charge >= 0.3 is 0 Å². The molecule has 1 unspecified atom stereocenters. The molecule has 1 aromatic heterocycles. The van der Waals surface area contributed by atoms with Crippen molar-refractivity contribution in [3.63, 3.8) is 0 Å². The number of aromatic nitrogens is 1. The number of hydrogen-bond acceptors (Lipinski definition) is 8. The number of rotatable bonds is 4. The molecule has 1 aliphatic heterocycles. The number of nitrogens with one attached hydrogen (secondary N) is 1. The zero-order valence-electron chi connectivity index (χ0n) is 14.8. The van der Waals surface area contributed by atoms with Crippen molar-refractivity contribution >= 4 is 39.9 Å². The second-order valence-electron chi connectivity index (χ2n) is 5.58. The first-order valence-electron chi connectivity index (χ1n) is 7.92. The largest absolute Gasteiger partial charge is 0.493 e. The van der Waals surface area contributed by atoms with E-state index in [-0.39, 0.29) is 22.5 Å². The van der Waals surface area contributed by atoms with Crippen molar-refractivity contribution in [3.05, 3.63) is 51.0 Å². The van der Waals surface area contributed by atoms with Gasteiger partial charge in [0.25, 0.3) is 0 Å². The number of thiazole rings is 1. The maximum absolute atomic E-state index is 13.1. The van der Waals surface area contributed by atoms with Gasteiger partial charge in [-0.05, 0) is 48.7 Å². The quantitative estimate of drug-likeness (QED) is 0.594. The lowest BCUT2D eigenvalue weighted by molar-refractivity contribution is 0.408. The summed E-state index contributed by atoms with van der Waals surface area (Å²) in [5.74, 6) is -0.385. The topological polar surface area (TPSA) is 98.4 Å². The lowest BCUT2D eigenvalue weighted by Gasteiger charge is -2.15. The molecule has 0 spiro atoms. The van der Waals surface area contributed by atoms with Crippen molar-refractivity contribution in [3.8, 4) is 5.88 Å². The monoisotopic (exact) mass is 404 g/mol. The van der Waals surface area contributed by atoms with Crippen LogP contribution in [0.3, 0.4) is 0 Å². The Balaban J connectivity index is 1.99. The van der Waals surface area contributed by atoms with Crippen LogP contribution in [0, 0.1) is 11.2 Å². The summed E-state index contributed by atoms with van der Waals surface area (Å²) in [6, 6.07) is 5.58. The number of halogens is 1. The fraction of sp³-hybridized carbons (Fsp3) is 0.235. The van der Waals surface area contributed by atoms with Crippen LogP contribution in [0.1, 0.15) is 23.4 Å². The average Bonchev–Trinajstić information content (AvgIpc) is 3.21. The Bertz CT molecular complexity index is 1030. The molecule has 0 amide bonds. The summed E-state index contributed by atoms with van der Waals surface area (Å²) in [6.45, 7) is 1.88. The number of benzene rings is 1. The van der Waals surface area contributed by atoms with Crippen molar-refractivity contribution < 1.29 is 9.50 Å². The predicted molar refractivity (Wildman–Crippen MR) is 107 cm³/mol. The van der Waals surface area contributed by atoms with Crippen molar-refractivity contribution in [2.24, 2.45) is 20.4 Å². The number of nitrogens with zero attached hydrogens (tertiary/aromatic N) is 5. The molecule has 0 saturated carbocycles. The van der Waals surface area contributed by atoms with Crippen molar-refractivity contribution in [1.82, 2.24) is 4.57 Å². The van der Waals surface area contributed by atoms with E-state index in [9.17, 15) is 9.50 Å². The molecule has 0 fully saturated rings. The van der Waals surface area contributed by atoms with Gasteiger partial charge in [0.2, 0.25) is 5.88 Å². The van der Waals surface area contributed by atoms with Crippen LogP contribution < -0.4 is 4.80 Å². The van der Waals surface area contributed by atoms with E-state index in [2.05, 4.69) is 20.4 Å². The van der Waals surface area contributed by atoms with Gasteiger partial charge in [-0.1, -0.05) is 11.3 Å². The molecule has 27 heavy (non-hydrogen) atoms. The van der Waals surface area contributed by atoms with Crippen molar-refractivity contribution in [2.75, 3.05) is 13.3 Å². The number of hydrogen-bond donors (Lipinski definition) is 2. The first-order chi connectivity index (χ1) is 13.0. The maximum atomic E-state index is 13.1. The molecule has 7 nitrogen and oxygen atoms in total. The lowest BCUT2D eigenvalue weighted by Crippen LogP contribution is -2.22. The summed E-state index contributed by atoms with van der Waals surface area (Å²) in [5, 5.41) is 31.3. The first-order valence-corrected chi connectivity index (χ1v) is 9.96. The third-order valence-corrected chi connectivity index (χ3v) is 5.83. The van der Waals surface area contributed by atoms with Gasteiger partial charge in [0.1, 0.15) is 17.2 Å². The third-order valence-electron chi connectivity index (χ3n) is 3.97. The standard InChI is InChI=1S/C17H17FN6OS2/c1-9(15(20-2)26-3)24-16(25)13(27-17(24)19)8-12-14(22-23-21-12)10-4-6-11(18)7-5-10/h4-9,19,25H,1-3H3. The lowest BCUT2D eigenvalue weighted by atomic mass is 10.1. The van der Waals surface area contributed by atoms with Crippen molar-refractivity contribution in [2.45, 2.75) is 13.0 Å². The molecule has 2 aromatic rings. The summed E-state index contributed by atoms with van der Waals surface area (Å²) in [6.07, 6.45) is 3.53. The molecule has 0 bridgehead atoms. The van der Waals surface area contributed by atoms with E-state index in [0.29, 0.717) is 21.8 Å². The zero-order chi connectivity index (χ0) is 19.6. The highest BCUT2D eigenvalue weighted by Crippen LogP contribution is 2.30. The predicted octanol–water partition coefficient (Wildman–Crippen LogP) is 4.04. The van der Waals surface area contributed by atoms with Gasteiger partial charge in [-0.25, -0.2) is 4.39 Å². The molecule has 1 aromatic carbocycles. The summed E-state index contributed by atoms with van der Waals surface area (Å²) in [4.78, 5) is 4.87. The summed E-state index contributed by atoms with van der Waals surface area (Å²) in [7, 11) is 1.68. The van der Waals surface area contributed by atoms with Crippen LogP contribution in [0.25, 0.3) is 6.08 Å². The van der Waals surface area contributed by atoms with Crippen LogP contribution in [0.4, 0.5) is 4.39 Å². The molecule has 1 aliphatic rings. The number of allylic oxidation sites excluding steroid dienone is 1. The second kappa shape index (κ2) is 7.97. The van der Waals surface area contributed by atoms with E-state index < -0.39 is 0 Å². The minimum atomic E-state index is -0.344. The van der Waals surface area contributed by atoms with Gasteiger partial charge < -0.3 is 5.11 Å². The zero-order valence-corrected chi connectivity index (χ0v) is 16.5. The summed E-state index contributed by atoms with van der Waals surface area (Å²) < 4.78 is 14.7. The number of thioether (sulfide) groups is 1. The Morgan fingerprint density at radius 1 is 1.41 bits per heavy atom. The van der Waals surface area contributed by atoms with Gasteiger partial charge in [0.15, 0.2) is 4.80 Å². The van der Waals surface area contributed by atoms with Gasteiger partial charge in [-0.15, -0.1) is 22.0 Å². The highest BCUT2D eigenvalue weighted by atomic mass is 32.2. The number of aromatic hydroxyl groups is 1. The minimum Gasteiger partial charge on any atom is -0.493 e. The maximum Gasteiger partial charge on any atom is 0.211 e. The fourth-order valence-corrected chi connectivity index (χ4v) is 4.22. The Labute approximate surface area is 163 Å². The summed E-state index contributed by atoms with van der Waals surface area (Å²) >= 11 is 2.59. The van der Waals surface area contributed by atoms with E-state index in [4.69, 9.17) is 5.41 Å². The van der Waals surface area contributed by atoms with Crippen LogP contribution >= 0.6 is 23.1 Å². The van der Waals surface area contributed by atoms with E-state index in [1.54, 1.807) is 25.3 Å². The third kappa shape index (κ3) is 3.76. The molecule has 10 heteroatoms. The molecule has 2 N–H and O–H groups in total. The van der Waals surface area contributed by atoms with E-state index in [0.717, 1.165) is 16.4 Å². The average molecular weight is 404 g/mol. The Hall–Kier alpha value is -2.59. The molecular formula is C17H17FN6OS2. The molecular weight excluding hydrogens is 387 g/mol. The van der Waals surface area contributed by atoms with Crippen LogP contribution in [0.5, 0.6) is 5.88 Å². The molecule has 1 atom stereocenters. The smallest absolute Gasteiger partial charge is 0.211 e. The van der Waals surface area contributed by atoms with E-state index >= 15 is 0 Å². The highest BCUT2D eigenvalue weighted by molar-refractivity contribution is 8.13. The SMILES string of the molecule is CN=C(SC)C(C)n1c(O)c(C=C2N=NN=C2c2ccc(F)cc2)sc1=N. The normalized spacial score (nSPS) is 16.8. The van der Waals surface area contributed by atoms with Gasteiger partial charge in [-0.3, -0.25) is 15.0 Å². The summed E-state index contributed by atoms with van der Waals surface area (Å²) in [5.41, 5.74) is 1.58. The van der Waals surface area contributed by atoms with E-state index in [1.165, 1.54) is 28.5 Å². The Kier molecular flexibility index (Phi) is 5.66. The highest BCUT2D eigenvalue weighted by Gasteiger charge is 2.22. The molecule has 0 aliphatic carbocycles. The fourth-order valence-electron chi connectivity index (χ4n) is 2.67. The van der Waals surface area contributed by atoms with Crippen LogP contribution in [0.15, 0.2) is 50.4 Å². The van der Waals surface area contributed by atoms with Crippen LogP contribution in [0.2, 0.25) is 0 Å². The van der Waals surface area contributed by atoms with Crippen molar-refractivity contribution in [1.29, 1.82) is 5.41 Å². The first kappa shape index (κ1) is 19.2. The van der Waals surface area contributed by atoms with Crippen LogP contribution in [-0.4, -0.2) is 33.7 Å².